The number of rotatable bonds is 3. The van der Waals surface area contributed by atoms with E-state index in [0.29, 0.717) is 18.9 Å². The SMILES string of the molecule is CCC1CC(=O)N(Cc2c(F)ccc(Br)c2F)C1. The number of amides is 1. The minimum Gasteiger partial charge on any atom is -0.338 e. The standard InChI is InChI=1S/C13H14BrF2NO/c1-2-8-5-12(18)17(6-8)7-9-11(15)4-3-10(14)13(9)16/h3-4,8H,2,5-7H2,1H3. The molecule has 1 atom stereocenters. The summed E-state index contributed by atoms with van der Waals surface area (Å²) in [5, 5.41) is 0. The monoisotopic (exact) mass is 317 g/mol. The maximum atomic E-state index is 13.8. The van der Waals surface area contributed by atoms with Crippen LogP contribution in [0.4, 0.5) is 8.78 Å². The molecule has 5 heteroatoms. The average molecular weight is 318 g/mol. The molecule has 1 amide bonds. The third-order valence-electron chi connectivity index (χ3n) is 3.36. The Morgan fingerprint density at radius 2 is 2.17 bits per heavy atom. The van der Waals surface area contributed by atoms with Crippen LogP contribution < -0.4 is 0 Å². The zero-order valence-corrected chi connectivity index (χ0v) is 11.6. The zero-order chi connectivity index (χ0) is 13.3. The first kappa shape index (κ1) is 13.5. The second-order valence-corrected chi connectivity index (χ2v) is 5.43. The van der Waals surface area contributed by atoms with Gasteiger partial charge in [-0.15, -0.1) is 0 Å². The molecule has 2 nitrogen and oxygen atoms in total. The molecular formula is C13H14BrF2NO. The molecule has 1 heterocycles. The van der Waals surface area contributed by atoms with E-state index in [1.54, 1.807) is 0 Å². The van der Waals surface area contributed by atoms with Gasteiger partial charge in [-0.1, -0.05) is 13.3 Å². The van der Waals surface area contributed by atoms with Crippen molar-refractivity contribution < 1.29 is 13.6 Å². The highest BCUT2D eigenvalue weighted by Gasteiger charge is 2.29. The summed E-state index contributed by atoms with van der Waals surface area (Å²) < 4.78 is 27.6. The van der Waals surface area contributed by atoms with Crippen molar-refractivity contribution in [2.45, 2.75) is 26.3 Å². The van der Waals surface area contributed by atoms with Crippen LogP contribution in [0.2, 0.25) is 0 Å². The molecule has 1 unspecified atom stereocenters. The van der Waals surface area contributed by atoms with Crippen LogP contribution in [0.1, 0.15) is 25.3 Å². The Hall–Kier alpha value is -0.970. The minimum atomic E-state index is -0.622. The predicted molar refractivity (Wildman–Crippen MR) is 67.9 cm³/mol. The van der Waals surface area contributed by atoms with Crippen molar-refractivity contribution in [2.75, 3.05) is 6.54 Å². The molecule has 0 radical (unpaired) electrons. The Kier molecular flexibility index (Phi) is 4.00. The number of benzene rings is 1. The largest absolute Gasteiger partial charge is 0.338 e. The predicted octanol–water partition coefficient (Wildman–Crippen LogP) is 3.49. The van der Waals surface area contributed by atoms with E-state index in [9.17, 15) is 13.6 Å². The van der Waals surface area contributed by atoms with Gasteiger partial charge in [0, 0.05) is 18.5 Å². The van der Waals surface area contributed by atoms with E-state index in [1.807, 2.05) is 6.92 Å². The molecule has 0 bridgehead atoms. The van der Waals surface area contributed by atoms with Crippen LogP contribution in [-0.2, 0) is 11.3 Å². The fraction of sp³-hybridized carbons (Fsp3) is 0.462. The lowest BCUT2D eigenvalue weighted by molar-refractivity contribution is -0.128. The molecule has 0 saturated carbocycles. The number of halogens is 3. The maximum absolute atomic E-state index is 13.8. The Bertz CT molecular complexity index is 478. The van der Waals surface area contributed by atoms with Crippen LogP contribution in [0.25, 0.3) is 0 Å². The van der Waals surface area contributed by atoms with Crippen molar-refractivity contribution in [2.24, 2.45) is 5.92 Å². The van der Waals surface area contributed by atoms with Gasteiger partial charge in [-0.25, -0.2) is 8.78 Å². The van der Waals surface area contributed by atoms with E-state index in [1.165, 1.54) is 17.0 Å². The summed E-state index contributed by atoms with van der Waals surface area (Å²) >= 11 is 3.03. The fourth-order valence-electron chi connectivity index (χ4n) is 2.19. The maximum Gasteiger partial charge on any atom is 0.223 e. The van der Waals surface area contributed by atoms with Crippen molar-refractivity contribution in [1.29, 1.82) is 0 Å². The molecule has 0 N–H and O–H groups in total. The van der Waals surface area contributed by atoms with Crippen LogP contribution in [0.3, 0.4) is 0 Å². The van der Waals surface area contributed by atoms with Crippen LogP contribution in [0.5, 0.6) is 0 Å². The van der Waals surface area contributed by atoms with Crippen molar-refractivity contribution in [3.8, 4) is 0 Å². The molecule has 1 aliphatic rings. The van der Waals surface area contributed by atoms with Gasteiger partial charge in [0.05, 0.1) is 11.0 Å². The molecule has 18 heavy (non-hydrogen) atoms. The van der Waals surface area contributed by atoms with E-state index < -0.39 is 11.6 Å². The Balaban J connectivity index is 2.20. The Labute approximate surface area is 113 Å². The molecule has 2 rings (SSSR count). The molecule has 98 valence electrons. The first-order valence-electron chi connectivity index (χ1n) is 5.93. The van der Waals surface area contributed by atoms with Crippen LogP contribution in [0.15, 0.2) is 16.6 Å². The molecule has 1 aromatic carbocycles. The molecule has 1 aliphatic heterocycles. The Morgan fingerprint density at radius 1 is 1.44 bits per heavy atom. The van der Waals surface area contributed by atoms with Crippen molar-refractivity contribution in [3.05, 3.63) is 33.8 Å². The quantitative estimate of drug-likeness (QED) is 0.781. The number of carbonyl (C=O) groups excluding carboxylic acids is 1. The van der Waals surface area contributed by atoms with Gasteiger partial charge in [0.1, 0.15) is 11.6 Å². The highest BCUT2D eigenvalue weighted by molar-refractivity contribution is 9.10. The van der Waals surface area contributed by atoms with Crippen molar-refractivity contribution >= 4 is 21.8 Å². The first-order valence-corrected chi connectivity index (χ1v) is 6.72. The van der Waals surface area contributed by atoms with E-state index in [2.05, 4.69) is 15.9 Å². The lowest BCUT2D eigenvalue weighted by atomic mass is 10.1. The minimum absolute atomic E-state index is 0.00639. The molecule has 1 saturated heterocycles. The van der Waals surface area contributed by atoms with Crippen LogP contribution in [0, 0.1) is 17.6 Å². The number of nitrogens with zero attached hydrogens (tertiary/aromatic N) is 1. The van der Waals surface area contributed by atoms with Gasteiger partial charge >= 0.3 is 0 Å². The average Bonchev–Trinajstić information content (AvgIpc) is 2.70. The second-order valence-electron chi connectivity index (χ2n) is 4.57. The lowest BCUT2D eigenvalue weighted by Crippen LogP contribution is -2.25. The van der Waals surface area contributed by atoms with Gasteiger partial charge in [-0.05, 0) is 34.0 Å². The van der Waals surface area contributed by atoms with E-state index in [0.717, 1.165) is 6.42 Å². The number of carbonyl (C=O) groups is 1. The van der Waals surface area contributed by atoms with Gasteiger partial charge in [0.15, 0.2) is 0 Å². The molecule has 0 aromatic heterocycles. The Morgan fingerprint density at radius 3 is 2.78 bits per heavy atom. The third-order valence-corrected chi connectivity index (χ3v) is 3.97. The molecular weight excluding hydrogens is 304 g/mol. The highest BCUT2D eigenvalue weighted by atomic mass is 79.9. The van der Waals surface area contributed by atoms with E-state index in [4.69, 9.17) is 0 Å². The van der Waals surface area contributed by atoms with Crippen molar-refractivity contribution in [1.82, 2.24) is 4.90 Å². The third kappa shape index (κ3) is 2.55. The van der Waals surface area contributed by atoms with E-state index >= 15 is 0 Å². The summed E-state index contributed by atoms with van der Waals surface area (Å²) in [6.07, 6.45) is 1.39. The smallest absolute Gasteiger partial charge is 0.223 e. The first-order chi connectivity index (χ1) is 8.52. The topological polar surface area (TPSA) is 20.3 Å². The van der Waals surface area contributed by atoms with Gasteiger partial charge in [0.2, 0.25) is 5.91 Å². The summed E-state index contributed by atoms with van der Waals surface area (Å²) in [6.45, 7) is 2.61. The zero-order valence-electron chi connectivity index (χ0n) is 10.0. The van der Waals surface area contributed by atoms with E-state index in [-0.39, 0.29) is 22.5 Å². The molecule has 0 aliphatic carbocycles. The highest BCUT2D eigenvalue weighted by Crippen LogP contribution is 2.27. The molecule has 0 spiro atoms. The second kappa shape index (κ2) is 5.34. The van der Waals surface area contributed by atoms with Crippen LogP contribution in [-0.4, -0.2) is 17.4 Å². The lowest BCUT2D eigenvalue weighted by Gasteiger charge is -2.17. The van der Waals surface area contributed by atoms with Gasteiger partial charge in [0.25, 0.3) is 0 Å². The number of hydrogen-bond donors (Lipinski definition) is 0. The fourth-order valence-corrected chi connectivity index (χ4v) is 2.56. The molecule has 1 fully saturated rings. The van der Waals surface area contributed by atoms with Gasteiger partial charge < -0.3 is 4.90 Å². The molecule has 1 aromatic rings. The van der Waals surface area contributed by atoms with Gasteiger partial charge in [-0.2, -0.15) is 0 Å². The normalized spacial score (nSPS) is 19.7. The van der Waals surface area contributed by atoms with Gasteiger partial charge in [-0.3, -0.25) is 4.79 Å². The summed E-state index contributed by atoms with van der Waals surface area (Å²) in [6, 6.07) is 2.54. The summed E-state index contributed by atoms with van der Waals surface area (Å²) in [4.78, 5) is 13.3. The number of likely N-dealkylation sites (tertiary alicyclic amines) is 1. The summed E-state index contributed by atoms with van der Waals surface area (Å²) in [7, 11) is 0. The van der Waals surface area contributed by atoms with Crippen LogP contribution >= 0.6 is 15.9 Å². The summed E-state index contributed by atoms with van der Waals surface area (Å²) in [5.74, 6) is -0.956. The van der Waals surface area contributed by atoms with Crippen molar-refractivity contribution in [3.63, 3.8) is 0 Å². The summed E-state index contributed by atoms with van der Waals surface area (Å²) in [5.41, 5.74) is -0.0468. The number of hydrogen-bond acceptors (Lipinski definition) is 1.